The number of hydrogen-bond donors (Lipinski definition) is 2. The standard InChI is InChI=1S/C22H30N2OS.ClH/c1-22(2,3)14-8-10-15(11-9-14)24-21(25)18-12-17-16-6-4-5-7-19(16)26-20(17)13-23-18;/h4-7,14-15,18,23H,8-13H2,1-3H3,(H,24,25);1H/t14?,15?,18-;/m1./s1. The summed E-state index contributed by atoms with van der Waals surface area (Å²) in [5.74, 6) is 0.966. The highest BCUT2D eigenvalue weighted by atomic mass is 35.5. The highest BCUT2D eigenvalue weighted by molar-refractivity contribution is 7.19. The average molecular weight is 407 g/mol. The van der Waals surface area contributed by atoms with Crippen molar-refractivity contribution in [2.75, 3.05) is 0 Å². The Balaban J connectivity index is 0.00000210. The summed E-state index contributed by atoms with van der Waals surface area (Å²) in [5, 5.41) is 8.12. The summed E-state index contributed by atoms with van der Waals surface area (Å²) in [5.41, 5.74) is 1.76. The van der Waals surface area contributed by atoms with Gasteiger partial charge in [-0.05, 0) is 60.5 Å². The number of fused-ring (bicyclic) bond motifs is 3. The second-order valence-corrected chi connectivity index (χ2v) is 10.2. The molecule has 0 bridgehead atoms. The second kappa shape index (κ2) is 8.10. The van der Waals surface area contributed by atoms with Crippen molar-refractivity contribution in [2.45, 2.75) is 71.5 Å². The fraction of sp³-hybridized carbons (Fsp3) is 0.591. The third kappa shape index (κ3) is 4.33. The number of thiophene rings is 1. The topological polar surface area (TPSA) is 41.1 Å². The van der Waals surface area contributed by atoms with E-state index in [9.17, 15) is 4.79 Å². The van der Waals surface area contributed by atoms with Crippen LogP contribution in [0.4, 0.5) is 0 Å². The lowest BCUT2D eigenvalue weighted by Gasteiger charge is -2.37. The van der Waals surface area contributed by atoms with E-state index in [4.69, 9.17) is 0 Å². The number of carbonyl (C=O) groups excluding carboxylic acids is 1. The van der Waals surface area contributed by atoms with Crippen molar-refractivity contribution in [3.63, 3.8) is 0 Å². The van der Waals surface area contributed by atoms with Gasteiger partial charge in [0.2, 0.25) is 5.91 Å². The number of rotatable bonds is 2. The zero-order chi connectivity index (χ0) is 18.3. The molecule has 1 atom stereocenters. The van der Waals surface area contributed by atoms with Crippen LogP contribution in [0.3, 0.4) is 0 Å². The van der Waals surface area contributed by atoms with Gasteiger partial charge in [0.15, 0.2) is 0 Å². The molecule has 1 saturated carbocycles. The van der Waals surface area contributed by atoms with E-state index in [-0.39, 0.29) is 24.4 Å². The van der Waals surface area contributed by atoms with Crippen LogP contribution in [-0.2, 0) is 17.8 Å². The molecule has 0 radical (unpaired) electrons. The minimum Gasteiger partial charge on any atom is -0.352 e. The van der Waals surface area contributed by atoms with Gasteiger partial charge in [0.25, 0.3) is 0 Å². The van der Waals surface area contributed by atoms with Crippen LogP contribution in [0.1, 0.15) is 56.9 Å². The quantitative estimate of drug-likeness (QED) is 0.731. The van der Waals surface area contributed by atoms with E-state index in [0.717, 1.165) is 31.7 Å². The molecule has 2 aliphatic rings. The Morgan fingerprint density at radius 3 is 2.56 bits per heavy atom. The fourth-order valence-electron chi connectivity index (χ4n) is 4.60. The molecular weight excluding hydrogens is 376 g/mol. The third-order valence-corrected chi connectivity index (χ3v) is 7.53. The summed E-state index contributed by atoms with van der Waals surface area (Å²) in [6.45, 7) is 7.82. The van der Waals surface area contributed by atoms with E-state index >= 15 is 0 Å². The molecule has 0 spiro atoms. The van der Waals surface area contributed by atoms with Crippen LogP contribution in [-0.4, -0.2) is 18.0 Å². The highest BCUT2D eigenvalue weighted by Crippen LogP contribution is 2.38. The lowest BCUT2D eigenvalue weighted by molar-refractivity contribution is -0.124. The molecular formula is C22H31ClN2OS. The van der Waals surface area contributed by atoms with Gasteiger partial charge in [-0.3, -0.25) is 4.79 Å². The van der Waals surface area contributed by atoms with Crippen LogP contribution >= 0.6 is 23.7 Å². The van der Waals surface area contributed by atoms with Crippen molar-refractivity contribution in [3.05, 3.63) is 34.7 Å². The van der Waals surface area contributed by atoms with E-state index in [2.05, 4.69) is 55.7 Å². The molecule has 0 saturated heterocycles. The van der Waals surface area contributed by atoms with E-state index < -0.39 is 0 Å². The van der Waals surface area contributed by atoms with Crippen LogP contribution in [0.5, 0.6) is 0 Å². The molecule has 1 aliphatic carbocycles. The maximum absolute atomic E-state index is 12.8. The number of nitrogens with one attached hydrogen (secondary N) is 2. The van der Waals surface area contributed by atoms with Crippen LogP contribution in [0.15, 0.2) is 24.3 Å². The predicted molar refractivity (Wildman–Crippen MR) is 117 cm³/mol. The van der Waals surface area contributed by atoms with Crippen molar-refractivity contribution >= 4 is 39.7 Å². The molecule has 27 heavy (non-hydrogen) atoms. The van der Waals surface area contributed by atoms with Crippen LogP contribution in [0, 0.1) is 11.3 Å². The smallest absolute Gasteiger partial charge is 0.237 e. The Labute approximate surface area is 172 Å². The SMILES string of the molecule is CC(C)(C)C1CCC(NC(=O)[C@H]2Cc3c(sc4ccccc34)CN2)CC1.Cl. The molecule has 0 unspecified atom stereocenters. The van der Waals surface area contributed by atoms with Gasteiger partial charge in [-0.1, -0.05) is 39.0 Å². The van der Waals surface area contributed by atoms with Crippen molar-refractivity contribution in [3.8, 4) is 0 Å². The van der Waals surface area contributed by atoms with E-state index in [1.165, 1.54) is 33.4 Å². The lowest BCUT2D eigenvalue weighted by atomic mass is 9.71. The number of benzene rings is 1. The number of hydrogen-bond acceptors (Lipinski definition) is 3. The summed E-state index contributed by atoms with van der Waals surface area (Å²) in [7, 11) is 0. The summed E-state index contributed by atoms with van der Waals surface area (Å²) < 4.78 is 1.33. The Kier molecular flexibility index (Phi) is 6.19. The van der Waals surface area contributed by atoms with E-state index in [0.29, 0.717) is 11.5 Å². The third-order valence-electron chi connectivity index (χ3n) is 6.31. The van der Waals surface area contributed by atoms with Gasteiger partial charge >= 0.3 is 0 Å². The maximum atomic E-state index is 12.8. The molecule has 1 amide bonds. The molecule has 1 aliphatic heterocycles. The molecule has 2 heterocycles. The van der Waals surface area contributed by atoms with Gasteiger partial charge in [-0.15, -0.1) is 23.7 Å². The summed E-state index contributed by atoms with van der Waals surface area (Å²) in [6, 6.07) is 8.82. The zero-order valence-electron chi connectivity index (χ0n) is 16.5. The molecule has 1 aromatic heterocycles. The summed E-state index contributed by atoms with van der Waals surface area (Å²) in [4.78, 5) is 14.2. The monoisotopic (exact) mass is 406 g/mol. The predicted octanol–water partition coefficient (Wildman–Crippen LogP) is 5.06. The first-order valence-electron chi connectivity index (χ1n) is 9.95. The van der Waals surface area contributed by atoms with Crippen molar-refractivity contribution in [1.82, 2.24) is 10.6 Å². The minimum atomic E-state index is -0.0964. The number of halogens is 1. The van der Waals surface area contributed by atoms with Gasteiger partial charge in [-0.25, -0.2) is 0 Å². The Morgan fingerprint density at radius 2 is 1.85 bits per heavy atom. The van der Waals surface area contributed by atoms with Crippen molar-refractivity contribution in [2.24, 2.45) is 11.3 Å². The highest BCUT2D eigenvalue weighted by Gasteiger charge is 2.32. The Hall–Kier alpha value is -1.10. The molecule has 148 valence electrons. The molecule has 3 nitrogen and oxygen atoms in total. The molecule has 2 N–H and O–H groups in total. The van der Waals surface area contributed by atoms with Crippen LogP contribution in [0.2, 0.25) is 0 Å². The number of amides is 1. The van der Waals surface area contributed by atoms with Crippen molar-refractivity contribution < 1.29 is 4.79 Å². The minimum absolute atomic E-state index is 0. The molecule has 1 aromatic carbocycles. The fourth-order valence-corrected chi connectivity index (χ4v) is 5.78. The Bertz CT molecular complexity index is 802. The second-order valence-electron chi connectivity index (χ2n) is 9.06. The number of carbonyl (C=O) groups is 1. The average Bonchev–Trinajstić information content (AvgIpc) is 2.99. The van der Waals surface area contributed by atoms with Gasteiger partial charge in [0.05, 0.1) is 6.04 Å². The van der Waals surface area contributed by atoms with Crippen LogP contribution in [0.25, 0.3) is 10.1 Å². The molecule has 1 fully saturated rings. The molecule has 2 aromatic rings. The van der Waals surface area contributed by atoms with Gasteiger partial charge in [-0.2, -0.15) is 0 Å². The van der Waals surface area contributed by atoms with Gasteiger partial charge < -0.3 is 10.6 Å². The van der Waals surface area contributed by atoms with E-state index in [1.807, 2.05) is 11.3 Å². The first-order valence-corrected chi connectivity index (χ1v) is 10.8. The largest absolute Gasteiger partial charge is 0.352 e. The summed E-state index contributed by atoms with van der Waals surface area (Å²) in [6.07, 6.45) is 5.50. The molecule has 4 rings (SSSR count). The first-order chi connectivity index (χ1) is 12.4. The van der Waals surface area contributed by atoms with Gasteiger partial charge in [0, 0.05) is 22.2 Å². The van der Waals surface area contributed by atoms with Crippen molar-refractivity contribution in [1.29, 1.82) is 0 Å². The first kappa shape index (κ1) is 20.6. The van der Waals surface area contributed by atoms with E-state index in [1.54, 1.807) is 0 Å². The van der Waals surface area contributed by atoms with Gasteiger partial charge in [0.1, 0.15) is 0 Å². The maximum Gasteiger partial charge on any atom is 0.237 e. The summed E-state index contributed by atoms with van der Waals surface area (Å²) >= 11 is 1.86. The molecule has 5 heteroatoms. The zero-order valence-corrected chi connectivity index (χ0v) is 18.1. The lowest BCUT2D eigenvalue weighted by Crippen LogP contribution is -2.51. The van der Waals surface area contributed by atoms with Crippen LogP contribution < -0.4 is 10.6 Å². The Morgan fingerprint density at radius 1 is 1.15 bits per heavy atom. The normalized spacial score (nSPS) is 25.5.